The van der Waals surface area contributed by atoms with E-state index in [1.807, 2.05) is 0 Å². The molecule has 4 rings (SSSR count). The molecule has 0 spiro atoms. The third-order valence-corrected chi connectivity index (χ3v) is 4.80. The maximum Gasteiger partial charge on any atom is 0.222 e. The zero-order valence-corrected chi connectivity index (χ0v) is 12.6. The van der Waals surface area contributed by atoms with Gasteiger partial charge in [-0.05, 0) is 30.4 Å². The number of nitrogens with two attached hydrogens (primary N) is 2. The number of benzene rings is 1. The van der Waals surface area contributed by atoms with Gasteiger partial charge in [-0.1, -0.05) is 24.3 Å². The minimum absolute atomic E-state index is 0.312. The molecule has 1 aromatic carbocycles. The molecule has 1 aliphatic carbocycles. The van der Waals surface area contributed by atoms with Gasteiger partial charge in [-0.2, -0.15) is 4.98 Å². The van der Waals surface area contributed by atoms with Crippen molar-refractivity contribution in [1.82, 2.24) is 9.97 Å². The van der Waals surface area contributed by atoms with Gasteiger partial charge in [-0.3, -0.25) is 0 Å². The molecule has 22 heavy (non-hydrogen) atoms. The van der Waals surface area contributed by atoms with Crippen molar-refractivity contribution < 1.29 is 0 Å². The first-order chi connectivity index (χ1) is 10.7. The van der Waals surface area contributed by atoms with Gasteiger partial charge in [-0.15, -0.1) is 0 Å². The van der Waals surface area contributed by atoms with Crippen LogP contribution in [0.2, 0.25) is 0 Å². The van der Waals surface area contributed by atoms with Crippen molar-refractivity contribution >= 4 is 11.8 Å². The van der Waals surface area contributed by atoms with Crippen LogP contribution in [0.3, 0.4) is 0 Å². The number of nitrogens with zero attached hydrogens (tertiary/aromatic N) is 3. The maximum atomic E-state index is 5.93. The Labute approximate surface area is 130 Å². The molecule has 1 aliphatic heterocycles. The summed E-state index contributed by atoms with van der Waals surface area (Å²) in [6.07, 6.45) is 3.04. The Balaban J connectivity index is 1.60. The summed E-state index contributed by atoms with van der Waals surface area (Å²) in [5, 5.41) is 0. The number of nitrogen functional groups attached to an aromatic ring is 1. The molecule has 2 heterocycles. The molecule has 1 saturated carbocycles. The Bertz CT molecular complexity index is 693. The zero-order valence-electron chi connectivity index (χ0n) is 12.6. The van der Waals surface area contributed by atoms with Gasteiger partial charge < -0.3 is 16.4 Å². The third-order valence-electron chi connectivity index (χ3n) is 4.80. The minimum atomic E-state index is 0.312. The van der Waals surface area contributed by atoms with Crippen molar-refractivity contribution in [1.29, 1.82) is 0 Å². The van der Waals surface area contributed by atoms with Gasteiger partial charge >= 0.3 is 0 Å². The monoisotopic (exact) mass is 295 g/mol. The van der Waals surface area contributed by atoms with Crippen LogP contribution in [0, 0.1) is 0 Å². The van der Waals surface area contributed by atoms with E-state index in [1.54, 1.807) is 0 Å². The first kappa shape index (κ1) is 13.5. The highest BCUT2D eigenvalue weighted by Gasteiger charge is 2.29. The fourth-order valence-corrected chi connectivity index (χ4v) is 3.44. The van der Waals surface area contributed by atoms with Gasteiger partial charge in [0.15, 0.2) is 0 Å². The highest BCUT2D eigenvalue weighted by atomic mass is 15.2. The number of hydrogen-bond acceptors (Lipinski definition) is 5. The summed E-state index contributed by atoms with van der Waals surface area (Å²) < 4.78 is 0. The summed E-state index contributed by atoms with van der Waals surface area (Å²) in [5.41, 5.74) is 15.7. The number of anilines is 2. The van der Waals surface area contributed by atoms with Crippen LogP contribution in [-0.2, 0) is 13.0 Å². The lowest BCUT2D eigenvalue weighted by Crippen LogP contribution is -2.36. The van der Waals surface area contributed by atoms with Crippen LogP contribution in [0.5, 0.6) is 0 Å². The van der Waals surface area contributed by atoms with Gasteiger partial charge in [0.25, 0.3) is 0 Å². The summed E-state index contributed by atoms with van der Waals surface area (Å²) in [4.78, 5) is 11.2. The molecule has 1 aromatic heterocycles. The average Bonchev–Trinajstić information content (AvgIpc) is 2.51. The molecule has 2 aromatic rings. The maximum absolute atomic E-state index is 5.93. The van der Waals surface area contributed by atoms with Crippen LogP contribution in [0.1, 0.15) is 35.6 Å². The Morgan fingerprint density at radius 2 is 1.86 bits per heavy atom. The fraction of sp³-hybridized carbons (Fsp3) is 0.412. The van der Waals surface area contributed by atoms with E-state index in [-0.39, 0.29) is 0 Å². The molecule has 2 aliphatic rings. The molecule has 0 unspecified atom stereocenters. The van der Waals surface area contributed by atoms with Crippen LogP contribution in [0.4, 0.5) is 11.8 Å². The van der Waals surface area contributed by atoms with Crippen molar-refractivity contribution in [3.05, 3.63) is 47.2 Å². The molecule has 1 fully saturated rings. The van der Waals surface area contributed by atoms with Gasteiger partial charge in [-0.25, -0.2) is 4.98 Å². The third kappa shape index (κ3) is 2.41. The van der Waals surface area contributed by atoms with E-state index < -0.39 is 0 Å². The summed E-state index contributed by atoms with van der Waals surface area (Å²) in [6.45, 7) is 1.85. The van der Waals surface area contributed by atoms with Crippen molar-refractivity contribution in [2.75, 3.05) is 17.2 Å². The van der Waals surface area contributed by atoms with E-state index in [2.05, 4.69) is 45.2 Å². The number of hydrogen-bond donors (Lipinski definition) is 2. The van der Waals surface area contributed by atoms with Crippen LogP contribution in [0.25, 0.3) is 0 Å². The quantitative estimate of drug-likeness (QED) is 0.883. The van der Waals surface area contributed by atoms with Gasteiger partial charge in [0.05, 0.1) is 5.69 Å². The lowest BCUT2D eigenvalue weighted by molar-refractivity contribution is 0.345. The van der Waals surface area contributed by atoms with Crippen LogP contribution in [-0.4, -0.2) is 22.6 Å². The lowest BCUT2D eigenvalue weighted by Gasteiger charge is -2.33. The molecule has 0 atom stereocenters. The van der Waals surface area contributed by atoms with Crippen molar-refractivity contribution in [2.24, 2.45) is 5.73 Å². The van der Waals surface area contributed by atoms with E-state index in [9.17, 15) is 0 Å². The normalized spacial score (nSPS) is 23.8. The van der Waals surface area contributed by atoms with Crippen LogP contribution in [0.15, 0.2) is 30.3 Å². The molecule has 0 amide bonds. The predicted octanol–water partition coefficient (Wildman–Crippen LogP) is 1.83. The SMILES string of the molecule is Nc1nc(C2CC(N)C2)cc(N2CCc3ccccc3C2)n1. The molecule has 5 nitrogen and oxygen atoms in total. The zero-order chi connectivity index (χ0) is 15.1. The summed E-state index contributed by atoms with van der Waals surface area (Å²) in [6, 6.07) is 11.0. The first-order valence-electron chi connectivity index (χ1n) is 7.91. The van der Waals surface area contributed by atoms with Crippen molar-refractivity contribution in [2.45, 2.75) is 37.8 Å². The average molecular weight is 295 g/mol. The molecule has 0 bridgehead atoms. The Kier molecular flexibility index (Phi) is 3.22. The largest absolute Gasteiger partial charge is 0.368 e. The van der Waals surface area contributed by atoms with E-state index in [0.717, 1.165) is 43.9 Å². The topological polar surface area (TPSA) is 81.1 Å². The Morgan fingerprint density at radius 1 is 1.09 bits per heavy atom. The van der Waals surface area contributed by atoms with Crippen molar-refractivity contribution in [3.8, 4) is 0 Å². The second-order valence-corrected chi connectivity index (χ2v) is 6.38. The van der Waals surface area contributed by atoms with E-state index in [0.29, 0.717) is 17.9 Å². The first-order valence-corrected chi connectivity index (χ1v) is 7.91. The molecular weight excluding hydrogens is 274 g/mol. The Morgan fingerprint density at radius 3 is 2.64 bits per heavy atom. The highest BCUT2D eigenvalue weighted by molar-refractivity contribution is 5.48. The smallest absolute Gasteiger partial charge is 0.222 e. The fourth-order valence-electron chi connectivity index (χ4n) is 3.44. The van der Waals surface area contributed by atoms with Gasteiger partial charge in [0, 0.05) is 31.1 Å². The molecule has 5 heteroatoms. The van der Waals surface area contributed by atoms with Crippen molar-refractivity contribution in [3.63, 3.8) is 0 Å². The lowest BCUT2D eigenvalue weighted by atomic mass is 9.78. The van der Waals surface area contributed by atoms with E-state index in [1.165, 1.54) is 11.1 Å². The minimum Gasteiger partial charge on any atom is -0.368 e. The highest BCUT2D eigenvalue weighted by Crippen LogP contribution is 2.36. The molecule has 4 N–H and O–H groups in total. The number of fused-ring (bicyclic) bond motifs is 1. The molecular formula is C17H21N5. The van der Waals surface area contributed by atoms with Crippen LogP contribution >= 0.6 is 0 Å². The summed E-state index contributed by atoms with van der Waals surface area (Å²) >= 11 is 0. The standard InChI is InChI=1S/C17H21N5/c18-14-7-13(8-14)15-9-16(21-17(19)20-15)22-6-5-11-3-1-2-4-12(11)10-22/h1-4,9,13-14H,5-8,10,18H2,(H2,19,20,21). The van der Waals surface area contributed by atoms with Crippen LogP contribution < -0.4 is 16.4 Å². The van der Waals surface area contributed by atoms with E-state index in [4.69, 9.17) is 11.5 Å². The second-order valence-electron chi connectivity index (χ2n) is 6.38. The number of aromatic nitrogens is 2. The van der Waals surface area contributed by atoms with Gasteiger partial charge in [0.1, 0.15) is 5.82 Å². The molecule has 0 radical (unpaired) electrons. The van der Waals surface area contributed by atoms with E-state index >= 15 is 0 Å². The summed E-state index contributed by atoms with van der Waals surface area (Å²) in [5.74, 6) is 1.75. The molecule has 114 valence electrons. The second kappa shape index (κ2) is 5.25. The van der Waals surface area contributed by atoms with Gasteiger partial charge in [0.2, 0.25) is 5.95 Å². The number of rotatable bonds is 2. The predicted molar refractivity (Wildman–Crippen MR) is 87.6 cm³/mol. The Hall–Kier alpha value is -2.14. The summed E-state index contributed by atoms with van der Waals surface area (Å²) in [7, 11) is 0. The molecule has 0 saturated heterocycles.